The van der Waals surface area contributed by atoms with E-state index in [2.05, 4.69) is 13.0 Å². The summed E-state index contributed by atoms with van der Waals surface area (Å²) < 4.78 is 15.8. The molecule has 5 nitrogen and oxygen atoms in total. The molecule has 0 saturated heterocycles. The Morgan fingerprint density at radius 3 is 2.86 bits per heavy atom. The minimum absolute atomic E-state index is 0.0950. The molecule has 0 aliphatic carbocycles. The van der Waals surface area contributed by atoms with Crippen LogP contribution in [0, 0.1) is 0 Å². The highest BCUT2D eigenvalue weighted by atomic mass is 16.5. The Morgan fingerprint density at radius 2 is 2.14 bits per heavy atom. The van der Waals surface area contributed by atoms with Crippen LogP contribution >= 0.6 is 0 Å². The molecule has 0 aliphatic heterocycles. The summed E-state index contributed by atoms with van der Waals surface area (Å²) in [6.45, 7) is 2.54. The summed E-state index contributed by atoms with van der Waals surface area (Å²) in [7, 11) is 1.39. The zero-order valence-electron chi connectivity index (χ0n) is 12.1. The monoisotopic (exact) mass is 290 g/mol. The first-order valence-corrected chi connectivity index (χ1v) is 6.79. The number of ether oxygens (including phenoxy) is 2. The van der Waals surface area contributed by atoms with Crippen molar-refractivity contribution in [2.45, 2.75) is 19.8 Å². The minimum atomic E-state index is -0.846. The van der Waals surface area contributed by atoms with Crippen LogP contribution in [0.1, 0.15) is 19.8 Å². The second kappa shape index (κ2) is 6.83. The maximum atomic E-state index is 11.6. The fourth-order valence-corrected chi connectivity index (χ4v) is 2.00. The van der Waals surface area contributed by atoms with Gasteiger partial charge in [0.1, 0.15) is 0 Å². The van der Waals surface area contributed by atoms with Gasteiger partial charge in [0.25, 0.3) is 0 Å². The molecule has 0 saturated carbocycles. The smallest absolute Gasteiger partial charge is 0.382 e. The molecule has 2 aromatic rings. The first kappa shape index (κ1) is 15.0. The number of methoxy groups -OCH3 is 1. The van der Waals surface area contributed by atoms with Crippen molar-refractivity contribution >= 4 is 11.0 Å². The van der Waals surface area contributed by atoms with Gasteiger partial charge in [-0.2, -0.15) is 0 Å². The highest BCUT2D eigenvalue weighted by Crippen LogP contribution is 2.35. The van der Waals surface area contributed by atoms with Crippen molar-refractivity contribution in [3.63, 3.8) is 0 Å². The van der Waals surface area contributed by atoms with Crippen molar-refractivity contribution in [3.8, 4) is 17.2 Å². The van der Waals surface area contributed by atoms with Crippen molar-refractivity contribution in [1.29, 1.82) is 0 Å². The summed E-state index contributed by atoms with van der Waals surface area (Å²) in [6, 6.07) is 5.16. The van der Waals surface area contributed by atoms with E-state index in [1.165, 1.54) is 7.11 Å². The Hall–Kier alpha value is -2.43. The maximum absolute atomic E-state index is 11.6. The molecule has 0 bridgehead atoms. The van der Waals surface area contributed by atoms with E-state index in [-0.39, 0.29) is 11.3 Å². The average Bonchev–Trinajstić information content (AvgIpc) is 2.49. The summed E-state index contributed by atoms with van der Waals surface area (Å²) in [6.07, 6.45) is 5.85. The largest absolute Gasteiger partial charge is 0.499 e. The van der Waals surface area contributed by atoms with Crippen molar-refractivity contribution in [1.82, 2.24) is 0 Å². The second-order valence-electron chi connectivity index (χ2n) is 4.42. The SMILES string of the molecule is CC/C=C/CCOc1cccc2c(OC)c(O)c(=O)oc12. The van der Waals surface area contributed by atoms with Crippen LogP contribution in [-0.2, 0) is 0 Å². The van der Waals surface area contributed by atoms with Crippen molar-refractivity contribution in [2.24, 2.45) is 0 Å². The van der Waals surface area contributed by atoms with Crippen LogP contribution in [0.5, 0.6) is 17.2 Å². The van der Waals surface area contributed by atoms with E-state index in [0.717, 1.165) is 12.8 Å². The topological polar surface area (TPSA) is 68.9 Å². The molecule has 112 valence electrons. The zero-order chi connectivity index (χ0) is 15.2. The van der Waals surface area contributed by atoms with Crippen LogP contribution in [0.3, 0.4) is 0 Å². The lowest BCUT2D eigenvalue weighted by atomic mass is 10.2. The molecule has 1 N–H and O–H groups in total. The maximum Gasteiger partial charge on any atom is 0.382 e. The van der Waals surface area contributed by atoms with Crippen molar-refractivity contribution < 1.29 is 19.0 Å². The lowest BCUT2D eigenvalue weighted by Crippen LogP contribution is -2.03. The predicted molar refractivity (Wildman–Crippen MR) is 80.2 cm³/mol. The fraction of sp³-hybridized carbons (Fsp3) is 0.312. The third-order valence-corrected chi connectivity index (χ3v) is 2.98. The summed E-state index contributed by atoms with van der Waals surface area (Å²) >= 11 is 0. The van der Waals surface area contributed by atoms with Crippen LogP contribution < -0.4 is 15.1 Å². The highest BCUT2D eigenvalue weighted by Gasteiger charge is 2.16. The van der Waals surface area contributed by atoms with Gasteiger partial charge >= 0.3 is 5.63 Å². The number of hydrogen-bond acceptors (Lipinski definition) is 5. The molecular formula is C16H18O5. The molecule has 1 aromatic heterocycles. The number of fused-ring (bicyclic) bond motifs is 1. The van der Waals surface area contributed by atoms with E-state index in [1.54, 1.807) is 18.2 Å². The standard InChI is InChI=1S/C16H18O5/c1-3-4-5-6-10-20-12-9-7-8-11-14(12)21-16(18)13(17)15(11)19-2/h4-5,7-9,17H,3,6,10H2,1-2H3/b5-4+. The van der Waals surface area contributed by atoms with Gasteiger partial charge in [-0.15, -0.1) is 0 Å². The number of hydrogen-bond donors (Lipinski definition) is 1. The molecule has 1 heterocycles. The van der Waals surface area contributed by atoms with Gasteiger partial charge in [-0.1, -0.05) is 25.1 Å². The van der Waals surface area contributed by atoms with Gasteiger partial charge in [-0.3, -0.25) is 0 Å². The van der Waals surface area contributed by atoms with E-state index >= 15 is 0 Å². The van der Waals surface area contributed by atoms with Crippen LogP contribution in [0.2, 0.25) is 0 Å². The van der Waals surface area contributed by atoms with Gasteiger partial charge in [0, 0.05) is 0 Å². The summed E-state index contributed by atoms with van der Waals surface area (Å²) in [5, 5.41) is 10.2. The van der Waals surface area contributed by atoms with E-state index in [0.29, 0.717) is 17.7 Å². The summed E-state index contributed by atoms with van der Waals surface area (Å²) in [5.74, 6) is 0.0124. The van der Waals surface area contributed by atoms with Crippen molar-refractivity contribution in [2.75, 3.05) is 13.7 Å². The Balaban J connectivity index is 2.35. The van der Waals surface area contributed by atoms with Crippen molar-refractivity contribution in [3.05, 3.63) is 40.8 Å². The van der Waals surface area contributed by atoms with Crippen LogP contribution in [0.25, 0.3) is 11.0 Å². The molecule has 0 radical (unpaired) electrons. The Bertz CT molecular complexity index is 700. The van der Waals surface area contributed by atoms with Crippen LogP contribution in [0.4, 0.5) is 0 Å². The highest BCUT2D eigenvalue weighted by molar-refractivity contribution is 5.89. The normalized spacial score (nSPS) is 11.1. The molecule has 0 aliphatic rings. The molecule has 1 aromatic carbocycles. The Kier molecular flexibility index (Phi) is 4.87. The second-order valence-corrected chi connectivity index (χ2v) is 4.42. The van der Waals surface area contributed by atoms with Gasteiger partial charge in [0.2, 0.25) is 5.75 Å². The lowest BCUT2D eigenvalue weighted by molar-refractivity contribution is 0.318. The number of allylic oxidation sites excluding steroid dienone is 1. The molecule has 0 spiro atoms. The van der Waals surface area contributed by atoms with E-state index in [1.807, 2.05) is 6.08 Å². The first-order chi connectivity index (χ1) is 10.2. The average molecular weight is 290 g/mol. The quantitative estimate of drug-likeness (QED) is 0.502. The zero-order valence-corrected chi connectivity index (χ0v) is 12.1. The molecule has 5 heteroatoms. The minimum Gasteiger partial charge on any atom is -0.499 e. The van der Waals surface area contributed by atoms with Gasteiger partial charge in [-0.05, 0) is 25.0 Å². The van der Waals surface area contributed by atoms with E-state index in [9.17, 15) is 9.90 Å². The van der Waals surface area contributed by atoms with Gasteiger partial charge < -0.3 is 19.0 Å². The first-order valence-electron chi connectivity index (χ1n) is 6.79. The van der Waals surface area contributed by atoms with Crippen LogP contribution in [0.15, 0.2) is 39.6 Å². The van der Waals surface area contributed by atoms with E-state index < -0.39 is 11.4 Å². The molecule has 0 fully saturated rings. The van der Waals surface area contributed by atoms with Crippen LogP contribution in [-0.4, -0.2) is 18.8 Å². The molecule has 0 atom stereocenters. The Morgan fingerprint density at radius 1 is 1.33 bits per heavy atom. The molecule has 0 unspecified atom stereocenters. The van der Waals surface area contributed by atoms with Gasteiger partial charge in [0.15, 0.2) is 17.1 Å². The number of para-hydroxylation sites is 1. The lowest BCUT2D eigenvalue weighted by Gasteiger charge is -2.10. The molecule has 21 heavy (non-hydrogen) atoms. The molecular weight excluding hydrogens is 272 g/mol. The fourth-order valence-electron chi connectivity index (χ4n) is 2.00. The molecule has 0 amide bonds. The molecule has 2 rings (SSSR count). The van der Waals surface area contributed by atoms with Gasteiger partial charge in [-0.25, -0.2) is 4.79 Å². The summed E-state index contributed by atoms with van der Waals surface area (Å²) in [5.41, 5.74) is -0.571. The number of aromatic hydroxyl groups is 1. The number of benzene rings is 1. The summed E-state index contributed by atoms with van der Waals surface area (Å²) in [4.78, 5) is 11.6. The van der Waals surface area contributed by atoms with E-state index in [4.69, 9.17) is 13.9 Å². The third-order valence-electron chi connectivity index (χ3n) is 2.98. The third kappa shape index (κ3) is 3.18. The Labute approximate surface area is 122 Å². The predicted octanol–water partition coefficient (Wildman–Crippen LogP) is 3.24. The number of rotatable bonds is 6. The van der Waals surface area contributed by atoms with Gasteiger partial charge in [0.05, 0.1) is 19.1 Å².